The average molecular weight is 261 g/mol. The van der Waals surface area contributed by atoms with Crippen molar-refractivity contribution in [1.82, 2.24) is 15.5 Å². The van der Waals surface area contributed by atoms with E-state index in [-0.39, 0.29) is 0 Å². The van der Waals surface area contributed by atoms with Gasteiger partial charge in [-0.15, -0.1) is 10.2 Å². The van der Waals surface area contributed by atoms with Crippen LogP contribution in [0.4, 0.5) is 0 Å². The fourth-order valence-electron chi connectivity index (χ4n) is 1.64. The van der Waals surface area contributed by atoms with Crippen molar-refractivity contribution in [2.75, 3.05) is 20.2 Å². The van der Waals surface area contributed by atoms with E-state index in [1.165, 1.54) is 0 Å². The molecule has 1 heterocycles. The van der Waals surface area contributed by atoms with Crippen LogP contribution in [0.15, 0.2) is 28.7 Å². The molecule has 0 fully saturated rings. The summed E-state index contributed by atoms with van der Waals surface area (Å²) in [6.07, 6.45) is 1.72. The zero-order valence-corrected chi connectivity index (χ0v) is 11.3. The molecule has 19 heavy (non-hydrogen) atoms. The lowest BCUT2D eigenvalue weighted by Crippen LogP contribution is -2.10. The number of ether oxygens (including phenoxy) is 1. The highest BCUT2D eigenvalue weighted by molar-refractivity contribution is 5.55. The highest BCUT2D eigenvalue weighted by Gasteiger charge is 2.08. The van der Waals surface area contributed by atoms with Gasteiger partial charge in [-0.3, -0.25) is 0 Å². The Balaban J connectivity index is 2.10. The Bertz CT molecular complexity index is 511. The molecular weight excluding hydrogens is 242 g/mol. The van der Waals surface area contributed by atoms with Crippen molar-refractivity contribution in [3.05, 3.63) is 30.2 Å². The molecule has 1 aromatic carbocycles. The number of hydrogen-bond donors (Lipinski definition) is 1. The molecule has 0 aliphatic rings. The molecule has 0 aliphatic carbocycles. The van der Waals surface area contributed by atoms with Crippen LogP contribution < -0.4 is 10.1 Å². The van der Waals surface area contributed by atoms with Crippen molar-refractivity contribution >= 4 is 0 Å². The second-order valence-electron chi connectivity index (χ2n) is 4.23. The standard InChI is InChI=1S/C14H19N3O2/c1-3-9-18-12-6-4-5-11(10-12)14-17-16-13(19-14)7-8-15-2/h4-6,10,15H,3,7-9H2,1-2H3. The summed E-state index contributed by atoms with van der Waals surface area (Å²) in [4.78, 5) is 0. The van der Waals surface area contributed by atoms with Crippen LogP contribution in [0.2, 0.25) is 0 Å². The first-order valence-corrected chi connectivity index (χ1v) is 6.53. The van der Waals surface area contributed by atoms with Crippen molar-refractivity contribution < 1.29 is 9.15 Å². The third kappa shape index (κ3) is 3.79. The molecule has 1 N–H and O–H groups in total. The highest BCUT2D eigenvalue weighted by atomic mass is 16.5. The maximum Gasteiger partial charge on any atom is 0.247 e. The third-order valence-electron chi connectivity index (χ3n) is 2.61. The molecule has 1 aromatic heterocycles. The van der Waals surface area contributed by atoms with Gasteiger partial charge in [-0.2, -0.15) is 0 Å². The Hall–Kier alpha value is -1.88. The van der Waals surface area contributed by atoms with Gasteiger partial charge in [-0.25, -0.2) is 0 Å². The zero-order valence-electron chi connectivity index (χ0n) is 11.3. The van der Waals surface area contributed by atoms with Gasteiger partial charge in [0.25, 0.3) is 0 Å². The van der Waals surface area contributed by atoms with Gasteiger partial charge in [0, 0.05) is 18.5 Å². The monoisotopic (exact) mass is 261 g/mol. The molecule has 0 amide bonds. The second kappa shape index (κ2) is 6.89. The van der Waals surface area contributed by atoms with Crippen LogP contribution in [0.3, 0.4) is 0 Å². The molecule has 0 radical (unpaired) electrons. The Morgan fingerprint density at radius 2 is 2.21 bits per heavy atom. The van der Waals surface area contributed by atoms with E-state index in [4.69, 9.17) is 9.15 Å². The maximum absolute atomic E-state index is 5.61. The van der Waals surface area contributed by atoms with Gasteiger partial charge in [0.15, 0.2) is 0 Å². The SMILES string of the molecule is CCCOc1cccc(-c2nnc(CCNC)o2)c1. The summed E-state index contributed by atoms with van der Waals surface area (Å²) in [5.41, 5.74) is 0.886. The highest BCUT2D eigenvalue weighted by Crippen LogP contribution is 2.23. The topological polar surface area (TPSA) is 60.2 Å². The molecule has 2 aromatic rings. The predicted molar refractivity (Wildman–Crippen MR) is 73.2 cm³/mol. The lowest BCUT2D eigenvalue weighted by atomic mass is 10.2. The lowest BCUT2D eigenvalue weighted by Gasteiger charge is -2.04. The van der Waals surface area contributed by atoms with Crippen LogP contribution in [0.25, 0.3) is 11.5 Å². The van der Waals surface area contributed by atoms with Crippen molar-refractivity contribution in [2.24, 2.45) is 0 Å². The first-order valence-electron chi connectivity index (χ1n) is 6.53. The van der Waals surface area contributed by atoms with E-state index in [9.17, 15) is 0 Å². The van der Waals surface area contributed by atoms with Crippen molar-refractivity contribution in [3.63, 3.8) is 0 Å². The number of hydrogen-bond acceptors (Lipinski definition) is 5. The fraction of sp³-hybridized carbons (Fsp3) is 0.429. The molecular formula is C14H19N3O2. The molecule has 0 bridgehead atoms. The summed E-state index contributed by atoms with van der Waals surface area (Å²) in [6.45, 7) is 3.61. The molecule has 0 atom stereocenters. The van der Waals surface area contributed by atoms with Gasteiger partial charge in [0.05, 0.1) is 6.61 Å². The van der Waals surface area contributed by atoms with Gasteiger partial charge < -0.3 is 14.5 Å². The molecule has 0 unspecified atom stereocenters. The van der Waals surface area contributed by atoms with Crippen LogP contribution in [0.1, 0.15) is 19.2 Å². The first-order chi connectivity index (χ1) is 9.33. The molecule has 0 spiro atoms. The summed E-state index contributed by atoms with van der Waals surface area (Å²) in [6, 6.07) is 7.72. The quantitative estimate of drug-likeness (QED) is 0.828. The summed E-state index contributed by atoms with van der Waals surface area (Å²) in [5.74, 6) is 2.01. The first kappa shape index (κ1) is 13.5. The van der Waals surface area contributed by atoms with E-state index in [1.54, 1.807) is 0 Å². The lowest BCUT2D eigenvalue weighted by molar-refractivity contribution is 0.317. The number of likely N-dealkylation sites (N-methyl/N-ethyl adjacent to an activating group) is 1. The number of rotatable bonds is 7. The fourth-order valence-corrected chi connectivity index (χ4v) is 1.64. The molecule has 0 saturated heterocycles. The van der Waals surface area contributed by atoms with Crippen molar-refractivity contribution in [2.45, 2.75) is 19.8 Å². The average Bonchev–Trinajstić information content (AvgIpc) is 2.92. The summed E-state index contributed by atoms with van der Waals surface area (Å²) in [7, 11) is 1.89. The van der Waals surface area contributed by atoms with Gasteiger partial charge in [-0.05, 0) is 31.7 Å². The van der Waals surface area contributed by atoms with E-state index >= 15 is 0 Å². The Labute approximate surface area is 113 Å². The van der Waals surface area contributed by atoms with Gasteiger partial charge in [0.1, 0.15) is 5.75 Å². The summed E-state index contributed by atoms with van der Waals surface area (Å²) >= 11 is 0. The molecule has 102 valence electrons. The molecule has 0 saturated carbocycles. The van der Waals surface area contributed by atoms with E-state index < -0.39 is 0 Å². The van der Waals surface area contributed by atoms with Crippen LogP contribution >= 0.6 is 0 Å². The zero-order chi connectivity index (χ0) is 13.5. The van der Waals surface area contributed by atoms with Crippen LogP contribution in [0.5, 0.6) is 5.75 Å². The van der Waals surface area contributed by atoms with Gasteiger partial charge in [0.2, 0.25) is 11.8 Å². The van der Waals surface area contributed by atoms with Crippen LogP contribution in [-0.4, -0.2) is 30.4 Å². The summed E-state index contributed by atoms with van der Waals surface area (Å²) in [5, 5.41) is 11.1. The van der Waals surface area contributed by atoms with Gasteiger partial charge in [-0.1, -0.05) is 13.0 Å². The van der Waals surface area contributed by atoms with Crippen LogP contribution in [-0.2, 0) is 6.42 Å². The van der Waals surface area contributed by atoms with E-state index in [1.807, 2.05) is 31.3 Å². The molecule has 5 heteroatoms. The molecule has 0 aliphatic heterocycles. The minimum Gasteiger partial charge on any atom is -0.494 e. The van der Waals surface area contributed by atoms with Crippen molar-refractivity contribution in [3.8, 4) is 17.2 Å². The predicted octanol–water partition coefficient (Wildman–Crippen LogP) is 2.29. The largest absolute Gasteiger partial charge is 0.494 e. The smallest absolute Gasteiger partial charge is 0.247 e. The summed E-state index contributed by atoms with van der Waals surface area (Å²) < 4.78 is 11.2. The maximum atomic E-state index is 5.61. The number of nitrogens with one attached hydrogen (secondary N) is 1. The van der Waals surface area contributed by atoms with E-state index in [2.05, 4.69) is 22.4 Å². The van der Waals surface area contributed by atoms with Crippen molar-refractivity contribution in [1.29, 1.82) is 0 Å². The van der Waals surface area contributed by atoms with Gasteiger partial charge >= 0.3 is 0 Å². The minimum atomic E-state index is 0.535. The Kier molecular flexibility index (Phi) is 4.92. The van der Waals surface area contributed by atoms with Crippen LogP contribution in [0, 0.1) is 0 Å². The second-order valence-corrected chi connectivity index (χ2v) is 4.23. The Morgan fingerprint density at radius 1 is 1.32 bits per heavy atom. The number of nitrogens with zero attached hydrogens (tertiary/aromatic N) is 2. The third-order valence-corrected chi connectivity index (χ3v) is 2.61. The Morgan fingerprint density at radius 3 is 3.00 bits per heavy atom. The minimum absolute atomic E-state index is 0.535. The molecule has 2 rings (SSSR count). The van der Waals surface area contributed by atoms with E-state index in [0.29, 0.717) is 18.4 Å². The number of benzene rings is 1. The van der Waals surface area contributed by atoms with E-state index in [0.717, 1.165) is 30.7 Å². The normalized spacial score (nSPS) is 10.6. The molecule has 5 nitrogen and oxygen atoms in total. The number of aromatic nitrogens is 2.